The van der Waals surface area contributed by atoms with Crippen molar-refractivity contribution >= 4 is 5.97 Å². The van der Waals surface area contributed by atoms with Crippen molar-refractivity contribution in [1.29, 1.82) is 0 Å². The van der Waals surface area contributed by atoms with Gasteiger partial charge in [0, 0.05) is 18.3 Å². The molecule has 4 rings (SSSR count). The summed E-state index contributed by atoms with van der Waals surface area (Å²) in [7, 11) is 0. The Morgan fingerprint density at radius 3 is 2.50 bits per heavy atom. The van der Waals surface area contributed by atoms with Crippen LogP contribution >= 0.6 is 0 Å². The minimum absolute atomic E-state index is 0.0629. The van der Waals surface area contributed by atoms with Crippen LogP contribution in [-0.2, 0) is 9.53 Å². The molecule has 3 saturated carbocycles. The van der Waals surface area contributed by atoms with Gasteiger partial charge < -0.3 is 20.1 Å². The molecule has 5 nitrogen and oxygen atoms in total. The molecule has 0 saturated heterocycles. The number of rotatable bonds is 6. The van der Waals surface area contributed by atoms with E-state index >= 15 is 0 Å². The van der Waals surface area contributed by atoms with Gasteiger partial charge in [-0.1, -0.05) is 60.0 Å². The number of fused-ring (bicyclic) bond motifs is 5. The zero-order chi connectivity index (χ0) is 25.1. The predicted octanol–water partition coefficient (Wildman–Crippen LogP) is 5.02. The van der Waals surface area contributed by atoms with E-state index < -0.39 is 23.2 Å². The molecule has 4 aliphatic carbocycles. The molecule has 0 spiro atoms. The van der Waals surface area contributed by atoms with Crippen LogP contribution in [0.15, 0.2) is 11.6 Å². The molecule has 4 aliphatic rings. The van der Waals surface area contributed by atoms with Gasteiger partial charge in [0.1, 0.15) is 11.7 Å². The molecule has 5 heteroatoms. The number of carbonyl (C=O) groups is 1. The molecule has 0 bridgehead atoms. The Hall–Kier alpha value is -0.910. The van der Waals surface area contributed by atoms with E-state index in [2.05, 4.69) is 27.7 Å². The fraction of sp³-hybridized carbons (Fsp3) is 0.897. The summed E-state index contributed by atoms with van der Waals surface area (Å²) in [5.41, 5.74) is -1.15. The van der Waals surface area contributed by atoms with E-state index in [1.165, 1.54) is 26.2 Å². The van der Waals surface area contributed by atoms with Crippen molar-refractivity contribution in [3.63, 3.8) is 0 Å². The van der Waals surface area contributed by atoms with Gasteiger partial charge >= 0.3 is 5.97 Å². The highest BCUT2D eigenvalue weighted by molar-refractivity contribution is 5.66. The van der Waals surface area contributed by atoms with Crippen molar-refractivity contribution in [2.45, 2.75) is 123 Å². The fourth-order valence-electron chi connectivity index (χ4n) is 8.97. The van der Waals surface area contributed by atoms with E-state index in [-0.39, 0.29) is 29.3 Å². The van der Waals surface area contributed by atoms with Crippen molar-refractivity contribution < 1.29 is 24.9 Å². The number of aliphatic hydroxyl groups is 3. The molecule has 194 valence electrons. The van der Waals surface area contributed by atoms with Gasteiger partial charge in [0.15, 0.2) is 0 Å². The SMILES string of the molecule is CC(=O)OC1CCC2(C)C(C1)C(O)C=C1C3CCC(C(C)CCCC(C)C)C3(C)CC(O)C12O. The van der Waals surface area contributed by atoms with Gasteiger partial charge in [0.2, 0.25) is 0 Å². The highest BCUT2D eigenvalue weighted by atomic mass is 16.5. The molecular formula is C29H48O5. The van der Waals surface area contributed by atoms with Gasteiger partial charge in [0.25, 0.3) is 0 Å². The van der Waals surface area contributed by atoms with Crippen molar-refractivity contribution in [3.8, 4) is 0 Å². The lowest BCUT2D eigenvalue weighted by Gasteiger charge is -2.64. The maximum absolute atomic E-state index is 12.4. The van der Waals surface area contributed by atoms with E-state index in [0.29, 0.717) is 37.5 Å². The highest BCUT2D eigenvalue weighted by Crippen LogP contribution is 2.68. The van der Waals surface area contributed by atoms with E-state index in [1.54, 1.807) is 0 Å². The summed E-state index contributed by atoms with van der Waals surface area (Å²) in [6.45, 7) is 12.7. The summed E-state index contributed by atoms with van der Waals surface area (Å²) in [5.74, 6) is 1.48. The molecule has 0 amide bonds. The van der Waals surface area contributed by atoms with Crippen molar-refractivity contribution in [1.82, 2.24) is 0 Å². The Labute approximate surface area is 206 Å². The van der Waals surface area contributed by atoms with E-state index in [1.807, 2.05) is 13.0 Å². The minimum Gasteiger partial charge on any atom is -0.463 e. The first-order chi connectivity index (χ1) is 15.8. The second-order valence-corrected chi connectivity index (χ2v) is 13.2. The standard InChI is InChI=1S/C29H48O5/c1-17(2)8-7-9-18(3)21-10-11-22-23-15-25(31)24-14-20(34-19(4)30)12-13-28(24,6)29(23,33)26(32)16-27(21,22)5/h15,17-18,20-22,24-26,31-33H,7-14,16H2,1-6H3. The van der Waals surface area contributed by atoms with Crippen LogP contribution in [0.4, 0.5) is 0 Å². The summed E-state index contributed by atoms with van der Waals surface area (Å²) < 4.78 is 5.49. The van der Waals surface area contributed by atoms with Gasteiger partial charge in [-0.05, 0) is 73.2 Å². The lowest BCUT2D eigenvalue weighted by Crippen LogP contribution is -2.69. The Balaban J connectivity index is 1.62. The van der Waals surface area contributed by atoms with Crippen LogP contribution in [0.1, 0.15) is 99.3 Å². The molecule has 0 aliphatic heterocycles. The quantitative estimate of drug-likeness (QED) is 0.370. The molecule has 0 heterocycles. The smallest absolute Gasteiger partial charge is 0.302 e. The van der Waals surface area contributed by atoms with Gasteiger partial charge in [0.05, 0.1) is 12.2 Å². The molecular weight excluding hydrogens is 428 g/mol. The largest absolute Gasteiger partial charge is 0.463 e. The van der Waals surface area contributed by atoms with Crippen LogP contribution in [0.2, 0.25) is 0 Å². The van der Waals surface area contributed by atoms with Crippen molar-refractivity contribution in [2.24, 2.45) is 40.4 Å². The van der Waals surface area contributed by atoms with Crippen molar-refractivity contribution in [3.05, 3.63) is 11.6 Å². The lowest BCUT2D eigenvalue weighted by atomic mass is 9.44. The number of carbonyl (C=O) groups excluding carboxylic acids is 1. The van der Waals surface area contributed by atoms with Crippen LogP contribution in [-0.4, -0.2) is 45.2 Å². The maximum atomic E-state index is 12.4. The third kappa shape index (κ3) is 3.98. The number of hydrogen-bond donors (Lipinski definition) is 3. The molecule has 0 aromatic rings. The minimum atomic E-state index is -1.34. The average Bonchev–Trinajstić information content (AvgIpc) is 3.07. The summed E-state index contributed by atoms with van der Waals surface area (Å²) >= 11 is 0. The van der Waals surface area contributed by atoms with Gasteiger partial charge in [-0.25, -0.2) is 0 Å². The summed E-state index contributed by atoms with van der Waals surface area (Å²) in [6, 6.07) is 0. The van der Waals surface area contributed by atoms with E-state index in [9.17, 15) is 20.1 Å². The Kier molecular flexibility index (Phi) is 7.07. The Bertz CT molecular complexity index is 806. The second kappa shape index (κ2) is 9.19. The van der Waals surface area contributed by atoms with Crippen LogP contribution in [0.25, 0.3) is 0 Å². The van der Waals surface area contributed by atoms with Gasteiger partial charge in [-0.2, -0.15) is 0 Å². The predicted molar refractivity (Wildman–Crippen MR) is 133 cm³/mol. The zero-order valence-corrected chi connectivity index (χ0v) is 22.2. The van der Waals surface area contributed by atoms with Crippen LogP contribution in [0.5, 0.6) is 0 Å². The van der Waals surface area contributed by atoms with E-state index in [0.717, 1.165) is 24.3 Å². The highest BCUT2D eigenvalue weighted by Gasteiger charge is 2.69. The lowest BCUT2D eigenvalue weighted by molar-refractivity contribution is -0.224. The first kappa shape index (κ1) is 26.2. The van der Waals surface area contributed by atoms with Crippen LogP contribution in [0, 0.1) is 40.4 Å². The van der Waals surface area contributed by atoms with E-state index in [4.69, 9.17) is 4.74 Å². The molecule has 0 aromatic carbocycles. The Morgan fingerprint density at radius 1 is 1.15 bits per heavy atom. The number of esters is 1. The van der Waals surface area contributed by atoms with Gasteiger partial charge in [-0.3, -0.25) is 4.79 Å². The molecule has 10 unspecified atom stereocenters. The topological polar surface area (TPSA) is 87.0 Å². The third-order valence-corrected chi connectivity index (χ3v) is 10.8. The monoisotopic (exact) mass is 476 g/mol. The molecule has 3 N–H and O–H groups in total. The molecule has 10 atom stereocenters. The summed E-state index contributed by atoms with van der Waals surface area (Å²) in [6.07, 6.45) is 8.35. The number of ether oxygens (including phenoxy) is 1. The third-order valence-electron chi connectivity index (χ3n) is 10.8. The Morgan fingerprint density at radius 2 is 1.85 bits per heavy atom. The molecule has 34 heavy (non-hydrogen) atoms. The summed E-state index contributed by atoms with van der Waals surface area (Å²) in [4.78, 5) is 11.5. The number of aliphatic hydroxyl groups excluding tert-OH is 2. The van der Waals surface area contributed by atoms with Gasteiger partial charge in [-0.15, -0.1) is 0 Å². The summed E-state index contributed by atoms with van der Waals surface area (Å²) in [5, 5.41) is 35.3. The first-order valence-electron chi connectivity index (χ1n) is 13.8. The normalized spacial score (nSPS) is 46.8. The van der Waals surface area contributed by atoms with Crippen LogP contribution in [0.3, 0.4) is 0 Å². The number of hydrogen-bond acceptors (Lipinski definition) is 5. The second-order valence-electron chi connectivity index (χ2n) is 13.2. The average molecular weight is 477 g/mol. The molecule has 0 radical (unpaired) electrons. The van der Waals surface area contributed by atoms with Crippen LogP contribution < -0.4 is 0 Å². The maximum Gasteiger partial charge on any atom is 0.302 e. The molecule has 3 fully saturated rings. The fourth-order valence-corrected chi connectivity index (χ4v) is 8.97. The molecule has 0 aromatic heterocycles. The zero-order valence-electron chi connectivity index (χ0n) is 22.2. The first-order valence-corrected chi connectivity index (χ1v) is 13.8. The van der Waals surface area contributed by atoms with Crippen molar-refractivity contribution in [2.75, 3.05) is 0 Å².